The van der Waals surface area contributed by atoms with Gasteiger partial charge in [-0.3, -0.25) is 0 Å². The number of benzene rings is 1. The van der Waals surface area contributed by atoms with Crippen LogP contribution >= 0.6 is 11.6 Å². The number of nitrogens with one attached hydrogen (secondary N) is 1. The Bertz CT molecular complexity index is 415. The molecule has 0 bridgehead atoms. The molecule has 1 fully saturated rings. The highest BCUT2D eigenvalue weighted by molar-refractivity contribution is 6.31. The molecule has 1 aromatic carbocycles. The molecule has 0 radical (unpaired) electrons. The van der Waals surface area contributed by atoms with Gasteiger partial charge < -0.3 is 10.1 Å². The lowest BCUT2D eigenvalue weighted by atomic mass is 9.94. The summed E-state index contributed by atoms with van der Waals surface area (Å²) in [6, 6.07) is 6.88. The third kappa shape index (κ3) is 4.76. The summed E-state index contributed by atoms with van der Waals surface area (Å²) in [4.78, 5) is 0. The van der Waals surface area contributed by atoms with Crippen LogP contribution in [0.2, 0.25) is 5.02 Å². The topological polar surface area (TPSA) is 21.3 Å². The van der Waals surface area contributed by atoms with Gasteiger partial charge in [0, 0.05) is 24.3 Å². The standard InChI is InChI=1S/C17H26ClNO/c1-3-7-19-16(10-14-6-8-20-12-14)11-15-5-4-13(2)9-17(15)18/h4-5,9,14,16,19H,3,6-8,10-12H2,1-2H3. The Kier molecular flexibility index (Phi) is 6.34. The quantitative estimate of drug-likeness (QED) is 0.821. The van der Waals surface area contributed by atoms with Crippen LogP contribution in [0.4, 0.5) is 0 Å². The van der Waals surface area contributed by atoms with E-state index >= 15 is 0 Å². The van der Waals surface area contributed by atoms with E-state index in [-0.39, 0.29) is 0 Å². The summed E-state index contributed by atoms with van der Waals surface area (Å²) in [5, 5.41) is 4.57. The molecule has 0 saturated carbocycles. The Morgan fingerprint density at radius 1 is 1.45 bits per heavy atom. The molecule has 1 N–H and O–H groups in total. The predicted octanol–water partition coefficient (Wildman–Crippen LogP) is 3.99. The van der Waals surface area contributed by atoms with Crippen LogP contribution in [0.3, 0.4) is 0 Å². The molecule has 1 heterocycles. The van der Waals surface area contributed by atoms with Crippen LogP contribution < -0.4 is 5.32 Å². The normalized spacial score (nSPS) is 20.2. The van der Waals surface area contributed by atoms with E-state index in [1.54, 1.807) is 0 Å². The van der Waals surface area contributed by atoms with Crippen molar-refractivity contribution in [2.75, 3.05) is 19.8 Å². The molecule has 1 aromatic rings. The second kappa shape index (κ2) is 8.02. The summed E-state index contributed by atoms with van der Waals surface area (Å²) >= 11 is 6.37. The van der Waals surface area contributed by atoms with Gasteiger partial charge in [-0.05, 0) is 62.3 Å². The molecule has 2 unspecified atom stereocenters. The maximum Gasteiger partial charge on any atom is 0.0495 e. The lowest BCUT2D eigenvalue weighted by Gasteiger charge is -2.22. The van der Waals surface area contributed by atoms with Gasteiger partial charge in [-0.2, -0.15) is 0 Å². The molecule has 2 nitrogen and oxygen atoms in total. The molecule has 0 amide bonds. The number of rotatable bonds is 7. The van der Waals surface area contributed by atoms with Gasteiger partial charge in [0.25, 0.3) is 0 Å². The fourth-order valence-electron chi connectivity index (χ4n) is 2.84. The van der Waals surface area contributed by atoms with Crippen molar-refractivity contribution in [3.05, 3.63) is 34.3 Å². The van der Waals surface area contributed by atoms with Crippen LogP contribution in [0, 0.1) is 12.8 Å². The molecule has 0 aromatic heterocycles. The van der Waals surface area contributed by atoms with Gasteiger partial charge in [0.2, 0.25) is 0 Å². The first-order chi connectivity index (χ1) is 9.69. The minimum absolute atomic E-state index is 0.502. The third-order valence-electron chi connectivity index (χ3n) is 4.00. The lowest BCUT2D eigenvalue weighted by Crippen LogP contribution is -2.34. The van der Waals surface area contributed by atoms with E-state index in [2.05, 4.69) is 37.4 Å². The fraction of sp³-hybridized carbons (Fsp3) is 0.647. The summed E-state index contributed by atoms with van der Waals surface area (Å²) in [5.74, 6) is 0.702. The van der Waals surface area contributed by atoms with Gasteiger partial charge in [-0.15, -0.1) is 0 Å². The second-order valence-electron chi connectivity index (χ2n) is 5.92. The molecule has 0 aliphatic carbocycles. The monoisotopic (exact) mass is 295 g/mol. The summed E-state index contributed by atoms with van der Waals surface area (Å²) in [6.07, 6.45) is 4.56. The van der Waals surface area contributed by atoms with E-state index in [1.807, 2.05) is 0 Å². The SMILES string of the molecule is CCCNC(Cc1ccc(C)cc1Cl)CC1CCOC1. The first kappa shape index (κ1) is 15.8. The highest BCUT2D eigenvalue weighted by Crippen LogP contribution is 2.23. The number of halogens is 1. The van der Waals surface area contributed by atoms with Crippen molar-refractivity contribution in [2.24, 2.45) is 5.92 Å². The molecular formula is C17H26ClNO. The maximum absolute atomic E-state index is 6.37. The summed E-state index contributed by atoms with van der Waals surface area (Å²) in [7, 11) is 0. The largest absolute Gasteiger partial charge is 0.381 e. The van der Waals surface area contributed by atoms with E-state index in [0.717, 1.165) is 31.2 Å². The van der Waals surface area contributed by atoms with Gasteiger partial charge in [-0.25, -0.2) is 0 Å². The van der Waals surface area contributed by atoms with Crippen molar-refractivity contribution >= 4 is 11.6 Å². The van der Waals surface area contributed by atoms with Gasteiger partial charge in [0.1, 0.15) is 0 Å². The average Bonchev–Trinajstić information content (AvgIpc) is 2.92. The van der Waals surface area contributed by atoms with Gasteiger partial charge in [0.05, 0.1) is 0 Å². The first-order valence-corrected chi connectivity index (χ1v) is 8.13. The van der Waals surface area contributed by atoms with E-state index in [4.69, 9.17) is 16.3 Å². The summed E-state index contributed by atoms with van der Waals surface area (Å²) in [5.41, 5.74) is 2.48. The molecule has 2 atom stereocenters. The zero-order valence-electron chi connectivity index (χ0n) is 12.6. The van der Waals surface area contributed by atoms with Crippen molar-refractivity contribution in [3.8, 4) is 0 Å². The van der Waals surface area contributed by atoms with Crippen molar-refractivity contribution in [1.29, 1.82) is 0 Å². The molecule has 1 saturated heterocycles. The Morgan fingerprint density at radius 2 is 2.30 bits per heavy atom. The van der Waals surface area contributed by atoms with Gasteiger partial charge >= 0.3 is 0 Å². The third-order valence-corrected chi connectivity index (χ3v) is 4.35. The zero-order valence-corrected chi connectivity index (χ0v) is 13.4. The zero-order chi connectivity index (χ0) is 14.4. The minimum Gasteiger partial charge on any atom is -0.381 e. The number of hydrogen-bond donors (Lipinski definition) is 1. The fourth-order valence-corrected chi connectivity index (χ4v) is 3.15. The van der Waals surface area contributed by atoms with Crippen LogP contribution in [0.1, 0.15) is 37.3 Å². The Morgan fingerprint density at radius 3 is 2.95 bits per heavy atom. The molecule has 0 spiro atoms. The van der Waals surface area contributed by atoms with Crippen molar-refractivity contribution in [1.82, 2.24) is 5.32 Å². The molecule has 2 rings (SSSR count). The van der Waals surface area contributed by atoms with Crippen molar-refractivity contribution in [3.63, 3.8) is 0 Å². The van der Waals surface area contributed by atoms with Gasteiger partial charge in [0.15, 0.2) is 0 Å². The lowest BCUT2D eigenvalue weighted by molar-refractivity contribution is 0.181. The van der Waals surface area contributed by atoms with E-state index in [0.29, 0.717) is 12.0 Å². The van der Waals surface area contributed by atoms with Crippen molar-refractivity contribution in [2.45, 2.75) is 45.6 Å². The second-order valence-corrected chi connectivity index (χ2v) is 6.32. The average molecular weight is 296 g/mol. The number of aryl methyl sites for hydroxylation is 1. The molecule has 1 aliphatic rings. The smallest absolute Gasteiger partial charge is 0.0495 e. The summed E-state index contributed by atoms with van der Waals surface area (Å²) in [6.45, 7) is 7.21. The van der Waals surface area contributed by atoms with Crippen molar-refractivity contribution < 1.29 is 4.74 Å². The molecular weight excluding hydrogens is 270 g/mol. The molecule has 112 valence electrons. The van der Waals surface area contributed by atoms with Crippen LogP contribution in [-0.2, 0) is 11.2 Å². The van der Waals surface area contributed by atoms with Crippen LogP contribution in [0.5, 0.6) is 0 Å². The Labute approximate surface area is 127 Å². The molecule has 3 heteroatoms. The molecule has 1 aliphatic heterocycles. The first-order valence-electron chi connectivity index (χ1n) is 7.75. The highest BCUT2D eigenvalue weighted by atomic mass is 35.5. The number of hydrogen-bond acceptors (Lipinski definition) is 2. The Hall–Kier alpha value is -0.570. The highest BCUT2D eigenvalue weighted by Gasteiger charge is 2.21. The maximum atomic E-state index is 6.37. The van der Waals surface area contributed by atoms with Crippen LogP contribution in [0.15, 0.2) is 18.2 Å². The van der Waals surface area contributed by atoms with E-state index < -0.39 is 0 Å². The van der Waals surface area contributed by atoms with E-state index in [9.17, 15) is 0 Å². The van der Waals surface area contributed by atoms with E-state index in [1.165, 1.54) is 30.4 Å². The predicted molar refractivity (Wildman–Crippen MR) is 85.5 cm³/mol. The summed E-state index contributed by atoms with van der Waals surface area (Å²) < 4.78 is 5.50. The minimum atomic E-state index is 0.502. The molecule has 20 heavy (non-hydrogen) atoms. The van der Waals surface area contributed by atoms with Crippen LogP contribution in [0.25, 0.3) is 0 Å². The van der Waals surface area contributed by atoms with Crippen LogP contribution in [-0.4, -0.2) is 25.8 Å². The number of ether oxygens (including phenoxy) is 1. The van der Waals surface area contributed by atoms with Gasteiger partial charge in [-0.1, -0.05) is 30.7 Å². The Balaban J connectivity index is 1.97.